The first-order valence-electron chi connectivity index (χ1n) is 13.8. The number of benzene rings is 3. The SMILES string of the molecule is C[C@@H]1C2CCC(CC2)[C@H]1Nc1cc(-c2ccccc2-c2ccccc2)nc(-c2c[nH]c3c(F)cc(F)cc23)n1. The predicted molar refractivity (Wildman–Crippen MR) is 152 cm³/mol. The van der Waals surface area contributed by atoms with Crippen LogP contribution in [0.5, 0.6) is 0 Å². The van der Waals surface area contributed by atoms with Crippen LogP contribution in [0.4, 0.5) is 14.6 Å². The molecule has 0 unspecified atom stereocenters. The smallest absolute Gasteiger partial charge is 0.164 e. The Bertz CT molecular complexity index is 1650. The van der Waals surface area contributed by atoms with Gasteiger partial charge in [0, 0.05) is 40.9 Å². The van der Waals surface area contributed by atoms with Gasteiger partial charge >= 0.3 is 0 Å². The van der Waals surface area contributed by atoms with Crippen LogP contribution in [0, 0.1) is 29.4 Å². The Morgan fingerprint density at radius 1 is 0.795 bits per heavy atom. The Hall–Kier alpha value is -4.06. The largest absolute Gasteiger partial charge is 0.367 e. The molecule has 3 aromatic carbocycles. The minimum absolute atomic E-state index is 0.248. The standard InChI is InChI=1S/C33H30F2N4/c1-19-20-11-13-22(14-12-20)31(19)38-30-17-29(25-10-6-5-9-24(25)21-7-3-2-4-8-21)37-33(39-30)27-18-36-32-26(27)15-23(34)16-28(32)35/h2-10,15-20,22,31,36H,11-14H2,1H3,(H,37,38,39)/t19-,20?,22?,31+/m1/s1. The minimum Gasteiger partial charge on any atom is -0.367 e. The van der Waals surface area contributed by atoms with Gasteiger partial charge < -0.3 is 10.3 Å². The summed E-state index contributed by atoms with van der Waals surface area (Å²) >= 11 is 0. The normalized spacial score (nSPS) is 22.3. The topological polar surface area (TPSA) is 53.6 Å². The Kier molecular flexibility index (Phi) is 5.91. The number of halogens is 2. The molecule has 196 valence electrons. The number of H-pyrrole nitrogens is 1. The van der Waals surface area contributed by atoms with Crippen LogP contribution in [0.25, 0.3) is 44.7 Å². The van der Waals surface area contributed by atoms with Crippen molar-refractivity contribution in [2.24, 2.45) is 17.8 Å². The molecule has 2 aromatic heterocycles. The van der Waals surface area contributed by atoms with Crippen LogP contribution in [0.1, 0.15) is 32.6 Å². The quantitative estimate of drug-likeness (QED) is 0.244. The van der Waals surface area contributed by atoms with E-state index in [0.717, 1.165) is 40.2 Å². The van der Waals surface area contributed by atoms with E-state index in [1.807, 2.05) is 36.4 Å². The number of aromatic amines is 1. The summed E-state index contributed by atoms with van der Waals surface area (Å²) in [6.45, 7) is 2.35. The zero-order valence-corrected chi connectivity index (χ0v) is 21.8. The first-order chi connectivity index (χ1) is 19.0. The molecule has 6 heteroatoms. The van der Waals surface area contributed by atoms with Gasteiger partial charge in [-0.15, -0.1) is 0 Å². The minimum atomic E-state index is -0.632. The molecule has 3 aliphatic carbocycles. The van der Waals surface area contributed by atoms with E-state index in [1.54, 1.807) is 6.20 Å². The third-order valence-corrected chi connectivity index (χ3v) is 8.91. The highest BCUT2D eigenvalue weighted by molar-refractivity contribution is 5.95. The van der Waals surface area contributed by atoms with Crippen molar-refractivity contribution in [1.82, 2.24) is 15.0 Å². The van der Waals surface area contributed by atoms with Crippen LogP contribution in [-0.2, 0) is 0 Å². The summed E-state index contributed by atoms with van der Waals surface area (Å²) in [7, 11) is 0. The van der Waals surface area contributed by atoms with Crippen LogP contribution in [-0.4, -0.2) is 21.0 Å². The van der Waals surface area contributed by atoms with Crippen LogP contribution < -0.4 is 5.32 Å². The Morgan fingerprint density at radius 2 is 1.51 bits per heavy atom. The van der Waals surface area contributed by atoms with E-state index in [4.69, 9.17) is 9.97 Å². The lowest BCUT2D eigenvalue weighted by atomic mass is 9.62. The van der Waals surface area contributed by atoms with E-state index in [2.05, 4.69) is 41.5 Å². The van der Waals surface area contributed by atoms with Crippen molar-refractivity contribution in [3.63, 3.8) is 0 Å². The van der Waals surface area contributed by atoms with E-state index in [0.29, 0.717) is 34.7 Å². The highest BCUT2D eigenvalue weighted by Crippen LogP contribution is 2.46. The maximum atomic E-state index is 14.6. The molecule has 3 fully saturated rings. The monoisotopic (exact) mass is 520 g/mol. The number of anilines is 1. The molecule has 0 saturated heterocycles. The van der Waals surface area contributed by atoms with E-state index in [9.17, 15) is 8.78 Å². The number of nitrogens with zero attached hydrogens (tertiary/aromatic N) is 2. The van der Waals surface area contributed by atoms with Gasteiger partial charge in [0.15, 0.2) is 5.82 Å². The summed E-state index contributed by atoms with van der Waals surface area (Å²) in [5.74, 6) is 1.85. The van der Waals surface area contributed by atoms with Crippen molar-refractivity contribution >= 4 is 16.7 Å². The second-order valence-corrected chi connectivity index (χ2v) is 11.1. The van der Waals surface area contributed by atoms with E-state index >= 15 is 0 Å². The van der Waals surface area contributed by atoms with Crippen molar-refractivity contribution in [2.75, 3.05) is 5.32 Å². The lowest BCUT2D eigenvalue weighted by molar-refractivity contribution is 0.0928. The molecule has 3 saturated carbocycles. The van der Waals surface area contributed by atoms with Gasteiger partial charge in [-0.1, -0.05) is 61.5 Å². The zero-order valence-electron chi connectivity index (χ0n) is 21.8. The van der Waals surface area contributed by atoms with Crippen molar-refractivity contribution < 1.29 is 8.78 Å². The lowest BCUT2D eigenvalue weighted by Gasteiger charge is -2.47. The van der Waals surface area contributed by atoms with Gasteiger partial charge in [0.25, 0.3) is 0 Å². The van der Waals surface area contributed by atoms with Crippen LogP contribution >= 0.6 is 0 Å². The molecule has 8 rings (SSSR count). The molecule has 0 amide bonds. The number of fused-ring (bicyclic) bond motifs is 4. The molecule has 2 N–H and O–H groups in total. The van der Waals surface area contributed by atoms with Crippen LogP contribution in [0.2, 0.25) is 0 Å². The molecule has 0 spiro atoms. The fraction of sp³-hybridized carbons (Fsp3) is 0.273. The molecule has 2 atom stereocenters. The van der Waals surface area contributed by atoms with Crippen molar-refractivity contribution in [3.8, 4) is 33.8 Å². The van der Waals surface area contributed by atoms with E-state index in [1.165, 1.54) is 31.7 Å². The first-order valence-corrected chi connectivity index (χ1v) is 13.8. The van der Waals surface area contributed by atoms with Gasteiger partial charge in [-0.3, -0.25) is 0 Å². The lowest BCUT2D eigenvalue weighted by Crippen LogP contribution is -2.47. The van der Waals surface area contributed by atoms with E-state index < -0.39 is 11.6 Å². The average Bonchev–Trinajstić information content (AvgIpc) is 3.40. The third-order valence-electron chi connectivity index (χ3n) is 8.91. The van der Waals surface area contributed by atoms with Gasteiger partial charge in [0.1, 0.15) is 17.5 Å². The van der Waals surface area contributed by atoms with Gasteiger partial charge in [0.2, 0.25) is 0 Å². The second-order valence-electron chi connectivity index (χ2n) is 11.1. The van der Waals surface area contributed by atoms with Crippen LogP contribution in [0.15, 0.2) is 79.0 Å². The summed E-state index contributed by atoms with van der Waals surface area (Å²) < 4.78 is 28.8. The molecular weight excluding hydrogens is 490 g/mol. The number of hydrogen-bond donors (Lipinski definition) is 2. The van der Waals surface area contributed by atoms with Gasteiger partial charge in [-0.25, -0.2) is 18.7 Å². The number of hydrogen-bond acceptors (Lipinski definition) is 3. The molecule has 3 aliphatic rings. The van der Waals surface area contributed by atoms with Crippen molar-refractivity contribution in [3.05, 3.63) is 90.6 Å². The fourth-order valence-electron chi connectivity index (χ4n) is 6.87. The summed E-state index contributed by atoms with van der Waals surface area (Å²) in [6, 6.07) is 23.0. The molecule has 4 nitrogen and oxygen atoms in total. The molecule has 2 bridgehead atoms. The fourth-order valence-corrected chi connectivity index (χ4v) is 6.87. The van der Waals surface area contributed by atoms with Gasteiger partial charge in [-0.05, 0) is 60.6 Å². The number of nitrogens with one attached hydrogen (secondary N) is 2. The Labute approximate surface area is 226 Å². The third kappa shape index (κ3) is 4.28. The highest BCUT2D eigenvalue weighted by atomic mass is 19.1. The summed E-state index contributed by atoms with van der Waals surface area (Å²) in [5.41, 5.74) is 4.72. The predicted octanol–water partition coefficient (Wildman–Crippen LogP) is 8.47. The summed E-state index contributed by atoms with van der Waals surface area (Å²) in [6.07, 6.45) is 6.78. The highest BCUT2D eigenvalue weighted by Gasteiger charge is 2.41. The van der Waals surface area contributed by atoms with Crippen molar-refractivity contribution in [2.45, 2.75) is 38.6 Å². The number of aromatic nitrogens is 3. The number of rotatable bonds is 5. The molecular formula is C33H30F2N4. The average molecular weight is 521 g/mol. The summed E-state index contributed by atoms with van der Waals surface area (Å²) in [4.78, 5) is 12.9. The van der Waals surface area contributed by atoms with Gasteiger partial charge in [0.05, 0.1) is 11.2 Å². The molecule has 2 heterocycles. The molecule has 0 radical (unpaired) electrons. The summed E-state index contributed by atoms with van der Waals surface area (Å²) in [5, 5.41) is 4.22. The van der Waals surface area contributed by atoms with Crippen LogP contribution in [0.3, 0.4) is 0 Å². The Balaban J connectivity index is 1.39. The molecule has 5 aromatic rings. The van der Waals surface area contributed by atoms with Gasteiger partial charge in [-0.2, -0.15) is 0 Å². The molecule has 0 aliphatic heterocycles. The molecule has 39 heavy (non-hydrogen) atoms. The zero-order chi connectivity index (χ0) is 26.5. The maximum absolute atomic E-state index is 14.6. The Morgan fingerprint density at radius 3 is 2.28 bits per heavy atom. The van der Waals surface area contributed by atoms with Crippen molar-refractivity contribution in [1.29, 1.82) is 0 Å². The maximum Gasteiger partial charge on any atom is 0.164 e. The second kappa shape index (κ2) is 9.60. The van der Waals surface area contributed by atoms with E-state index in [-0.39, 0.29) is 5.52 Å². The first kappa shape index (κ1) is 24.0.